The minimum atomic E-state index is -0.235. The maximum atomic E-state index is 13.3. The van der Waals surface area contributed by atoms with Crippen LogP contribution < -0.4 is 5.73 Å². The van der Waals surface area contributed by atoms with Gasteiger partial charge < -0.3 is 5.73 Å². The first-order valence-corrected chi connectivity index (χ1v) is 6.62. The highest BCUT2D eigenvalue weighted by Crippen LogP contribution is 2.24. The number of pyridine rings is 2. The van der Waals surface area contributed by atoms with Gasteiger partial charge in [0.1, 0.15) is 11.6 Å². The molecule has 2 N–H and O–H groups in total. The van der Waals surface area contributed by atoms with Gasteiger partial charge in [-0.3, -0.25) is 4.98 Å². The van der Waals surface area contributed by atoms with Crippen LogP contribution in [0.15, 0.2) is 60.9 Å². The number of nitrogen functional groups attached to an aromatic ring is 1. The maximum absolute atomic E-state index is 13.3. The second-order valence-corrected chi connectivity index (χ2v) is 4.79. The van der Waals surface area contributed by atoms with Crippen LogP contribution in [0.4, 0.5) is 10.2 Å². The van der Waals surface area contributed by atoms with Gasteiger partial charge in [-0.2, -0.15) is 0 Å². The molecule has 21 heavy (non-hydrogen) atoms. The second kappa shape index (κ2) is 5.71. The van der Waals surface area contributed by atoms with E-state index in [1.54, 1.807) is 24.5 Å². The monoisotopic (exact) mass is 279 g/mol. The third kappa shape index (κ3) is 3.05. The number of nitrogens with zero attached hydrogens (tertiary/aromatic N) is 2. The van der Waals surface area contributed by atoms with Crippen molar-refractivity contribution in [3.05, 3.63) is 77.9 Å². The van der Waals surface area contributed by atoms with Gasteiger partial charge in [0, 0.05) is 18.0 Å². The fraction of sp³-hybridized carbons (Fsp3) is 0.0588. The largest absolute Gasteiger partial charge is 0.384 e. The normalized spacial score (nSPS) is 10.5. The Balaban J connectivity index is 2.03. The summed E-state index contributed by atoms with van der Waals surface area (Å²) in [6, 6.07) is 14.1. The van der Waals surface area contributed by atoms with E-state index >= 15 is 0 Å². The summed E-state index contributed by atoms with van der Waals surface area (Å²) >= 11 is 0. The lowest BCUT2D eigenvalue weighted by Gasteiger charge is -2.10. The van der Waals surface area contributed by atoms with Crippen LogP contribution in [0, 0.1) is 5.82 Å². The van der Waals surface area contributed by atoms with Crippen LogP contribution in [0.2, 0.25) is 0 Å². The third-order valence-electron chi connectivity index (χ3n) is 3.24. The number of halogens is 1. The van der Waals surface area contributed by atoms with Gasteiger partial charge in [0.15, 0.2) is 0 Å². The Morgan fingerprint density at radius 1 is 1.00 bits per heavy atom. The van der Waals surface area contributed by atoms with Crippen molar-refractivity contribution in [2.24, 2.45) is 0 Å². The lowest BCUT2D eigenvalue weighted by Crippen LogP contribution is -1.99. The SMILES string of the molecule is Nc1ccc(Cc2cccc(F)c2)c(-c2ccncc2)n1. The molecule has 0 amide bonds. The van der Waals surface area contributed by atoms with Crippen molar-refractivity contribution >= 4 is 5.82 Å². The number of anilines is 1. The Morgan fingerprint density at radius 3 is 2.57 bits per heavy atom. The van der Waals surface area contributed by atoms with Crippen LogP contribution in [0.5, 0.6) is 0 Å². The van der Waals surface area contributed by atoms with Crippen molar-refractivity contribution in [3.8, 4) is 11.3 Å². The van der Waals surface area contributed by atoms with Crippen molar-refractivity contribution < 1.29 is 4.39 Å². The summed E-state index contributed by atoms with van der Waals surface area (Å²) in [5.74, 6) is 0.228. The molecular weight excluding hydrogens is 265 g/mol. The first-order chi connectivity index (χ1) is 10.2. The van der Waals surface area contributed by atoms with Gasteiger partial charge in [-0.15, -0.1) is 0 Å². The van der Waals surface area contributed by atoms with E-state index in [0.29, 0.717) is 12.2 Å². The Bertz CT molecular complexity index is 757. The van der Waals surface area contributed by atoms with Gasteiger partial charge in [0.05, 0.1) is 5.69 Å². The predicted molar refractivity (Wildman–Crippen MR) is 81.1 cm³/mol. The van der Waals surface area contributed by atoms with Crippen LogP contribution in [0.3, 0.4) is 0 Å². The maximum Gasteiger partial charge on any atom is 0.124 e. The van der Waals surface area contributed by atoms with E-state index in [2.05, 4.69) is 9.97 Å². The first kappa shape index (κ1) is 13.2. The fourth-order valence-corrected chi connectivity index (χ4v) is 2.27. The average Bonchev–Trinajstić information content (AvgIpc) is 2.50. The lowest BCUT2D eigenvalue weighted by molar-refractivity contribution is 0.626. The van der Waals surface area contributed by atoms with E-state index < -0.39 is 0 Å². The molecule has 0 spiro atoms. The number of nitrogens with two attached hydrogens (primary N) is 1. The highest BCUT2D eigenvalue weighted by molar-refractivity contribution is 5.65. The van der Waals surface area contributed by atoms with Gasteiger partial charge in [0.2, 0.25) is 0 Å². The average molecular weight is 279 g/mol. The molecule has 1 aromatic carbocycles. The highest BCUT2D eigenvalue weighted by Gasteiger charge is 2.09. The van der Waals surface area contributed by atoms with E-state index in [0.717, 1.165) is 22.4 Å². The Kier molecular flexibility index (Phi) is 3.60. The molecule has 0 atom stereocenters. The molecule has 2 heterocycles. The Labute approximate surface area is 122 Å². The summed E-state index contributed by atoms with van der Waals surface area (Å²) in [4.78, 5) is 8.43. The molecule has 0 radical (unpaired) electrons. The summed E-state index contributed by atoms with van der Waals surface area (Å²) < 4.78 is 13.3. The first-order valence-electron chi connectivity index (χ1n) is 6.62. The van der Waals surface area contributed by atoms with E-state index in [4.69, 9.17) is 5.73 Å². The number of hydrogen-bond acceptors (Lipinski definition) is 3. The smallest absolute Gasteiger partial charge is 0.124 e. The van der Waals surface area contributed by atoms with Crippen molar-refractivity contribution in [1.82, 2.24) is 9.97 Å². The van der Waals surface area contributed by atoms with Gasteiger partial charge in [-0.1, -0.05) is 18.2 Å². The molecule has 104 valence electrons. The number of aromatic nitrogens is 2. The van der Waals surface area contributed by atoms with Crippen molar-refractivity contribution in [2.45, 2.75) is 6.42 Å². The zero-order chi connectivity index (χ0) is 14.7. The van der Waals surface area contributed by atoms with Gasteiger partial charge in [0.25, 0.3) is 0 Å². The third-order valence-corrected chi connectivity index (χ3v) is 3.24. The summed E-state index contributed by atoms with van der Waals surface area (Å²) in [6.07, 6.45) is 4.03. The fourth-order valence-electron chi connectivity index (χ4n) is 2.27. The number of rotatable bonds is 3. The summed E-state index contributed by atoms with van der Waals surface area (Å²) in [5.41, 5.74) is 9.45. The molecule has 0 unspecified atom stereocenters. The second-order valence-electron chi connectivity index (χ2n) is 4.79. The van der Waals surface area contributed by atoms with Gasteiger partial charge in [-0.05, 0) is 47.9 Å². The minimum Gasteiger partial charge on any atom is -0.384 e. The van der Waals surface area contributed by atoms with E-state index in [1.165, 1.54) is 12.1 Å². The summed E-state index contributed by atoms with van der Waals surface area (Å²) in [7, 11) is 0. The molecule has 0 saturated carbocycles. The Hall–Kier alpha value is -2.75. The molecule has 0 aliphatic heterocycles. The molecule has 2 aromatic heterocycles. The van der Waals surface area contributed by atoms with Crippen molar-refractivity contribution in [3.63, 3.8) is 0 Å². The molecule has 0 aliphatic rings. The van der Waals surface area contributed by atoms with Crippen LogP contribution in [0.1, 0.15) is 11.1 Å². The van der Waals surface area contributed by atoms with Gasteiger partial charge in [-0.25, -0.2) is 9.37 Å². The Morgan fingerprint density at radius 2 is 1.81 bits per heavy atom. The molecule has 0 aliphatic carbocycles. The number of hydrogen-bond donors (Lipinski definition) is 1. The molecule has 0 saturated heterocycles. The van der Waals surface area contributed by atoms with E-state index in [-0.39, 0.29) is 5.82 Å². The van der Waals surface area contributed by atoms with Crippen molar-refractivity contribution in [2.75, 3.05) is 5.73 Å². The summed E-state index contributed by atoms with van der Waals surface area (Å²) in [5, 5.41) is 0. The predicted octanol–water partition coefficient (Wildman–Crippen LogP) is 3.46. The molecule has 0 fully saturated rings. The molecular formula is C17H14FN3. The van der Waals surface area contributed by atoms with Crippen LogP contribution in [0.25, 0.3) is 11.3 Å². The quantitative estimate of drug-likeness (QED) is 0.798. The standard InChI is InChI=1S/C17H14FN3/c18-15-3-1-2-12(11-15)10-14-4-5-16(19)21-17(14)13-6-8-20-9-7-13/h1-9,11H,10H2,(H2,19,21). The lowest BCUT2D eigenvalue weighted by atomic mass is 10.00. The molecule has 0 bridgehead atoms. The highest BCUT2D eigenvalue weighted by atomic mass is 19.1. The topological polar surface area (TPSA) is 51.8 Å². The van der Waals surface area contributed by atoms with E-state index in [1.807, 2.05) is 24.3 Å². The molecule has 4 heteroatoms. The molecule has 3 rings (SSSR count). The summed E-state index contributed by atoms with van der Waals surface area (Å²) in [6.45, 7) is 0. The van der Waals surface area contributed by atoms with Gasteiger partial charge >= 0.3 is 0 Å². The number of benzene rings is 1. The van der Waals surface area contributed by atoms with Crippen molar-refractivity contribution in [1.29, 1.82) is 0 Å². The van der Waals surface area contributed by atoms with Crippen LogP contribution in [-0.2, 0) is 6.42 Å². The minimum absolute atomic E-state index is 0.235. The van der Waals surface area contributed by atoms with Crippen LogP contribution >= 0.6 is 0 Å². The molecule has 3 aromatic rings. The molecule has 3 nitrogen and oxygen atoms in total. The zero-order valence-electron chi connectivity index (χ0n) is 11.3. The van der Waals surface area contributed by atoms with E-state index in [9.17, 15) is 4.39 Å². The zero-order valence-corrected chi connectivity index (χ0v) is 11.3. The van der Waals surface area contributed by atoms with Crippen LogP contribution in [-0.4, -0.2) is 9.97 Å².